The summed E-state index contributed by atoms with van der Waals surface area (Å²) in [5.41, 5.74) is 7.24. The molecular formula is C23H38N6O4. The highest BCUT2D eigenvalue weighted by atomic mass is 16.6. The number of hydrogen-bond acceptors (Lipinski definition) is 8. The van der Waals surface area contributed by atoms with E-state index < -0.39 is 0 Å². The van der Waals surface area contributed by atoms with Crippen molar-refractivity contribution in [2.45, 2.75) is 72.4 Å². The third kappa shape index (κ3) is 6.61. The van der Waals surface area contributed by atoms with Crippen molar-refractivity contribution >= 4 is 23.1 Å². The Morgan fingerprint density at radius 2 is 1.85 bits per heavy atom. The summed E-state index contributed by atoms with van der Waals surface area (Å²) in [4.78, 5) is 27.1. The van der Waals surface area contributed by atoms with E-state index in [1.165, 1.54) is 0 Å². The molecule has 10 nitrogen and oxygen atoms in total. The van der Waals surface area contributed by atoms with Gasteiger partial charge in [0.25, 0.3) is 6.01 Å². The zero-order valence-corrected chi connectivity index (χ0v) is 20.5. The van der Waals surface area contributed by atoms with E-state index in [9.17, 15) is 4.79 Å². The molecule has 2 aromatic rings. The second-order valence-corrected chi connectivity index (χ2v) is 9.38. The number of ether oxygens (including phenoxy) is 3. The summed E-state index contributed by atoms with van der Waals surface area (Å²) < 4.78 is 18.4. The number of fused-ring (bicyclic) bond motifs is 1. The fourth-order valence-electron chi connectivity index (χ4n) is 4.04. The summed E-state index contributed by atoms with van der Waals surface area (Å²) in [7, 11) is 1.59. The molecule has 1 fully saturated rings. The molecule has 3 rings (SSSR count). The first-order valence-corrected chi connectivity index (χ1v) is 11.9. The summed E-state index contributed by atoms with van der Waals surface area (Å²) in [5.74, 6) is 1.27. The Morgan fingerprint density at radius 1 is 1.12 bits per heavy atom. The summed E-state index contributed by atoms with van der Waals surface area (Å²) in [6.45, 7) is 10.7. The van der Waals surface area contributed by atoms with Crippen molar-refractivity contribution in [1.29, 1.82) is 0 Å². The third-order valence-electron chi connectivity index (χ3n) is 5.75. The molecule has 0 unspecified atom stereocenters. The molecule has 1 aliphatic rings. The van der Waals surface area contributed by atoms with Crippen LogP contribution in [-0.4, -0.2) is 63.4 Å². The quantitative estimate of drug-likeness (QED) is 0.529. The van der Waals surface area contributed by atoms with Crippen molar-refractivity contribution in [3.8, 4) is 12.0 Å². The normalized spacial score (nSPS) is 14.9. The van der Waals surface area contributed by atoms with Gasteiger partial charge in [-0.05, 0) is 44.9 Å². The van der Waals surface area contributed by atoms with Crippen LogP contribution >= 0.6 is 0 Å². The number of rotatable bonds is 10. The van der Waals surface area contributed by atoms with Crippen molar-refractivity contribution in [2.75, 3.05) is 32.5 Å². The van der Waals surface area contributed by atoms with Gasteiger partial charge in [-0.1, -0.05) is 26.7 Å². The molecule has 2 aromatic heterocycles. The van der Waals surface area contributed by atoms with Crippen LogP contribution in [0.4, 0.5) is 10.6 Å². The number of nitrogens with zero attached hydrogens (tertiary/aromatic N) is 5. The van der Waals surface area contributed by atoms with Gasteiger partial charge in [0, 0.05) is 19.6 Å². The minimum Gasteiger partial charge on any atom is -0.468 e. The maximum absolute atomic E-state index is 12.1. The van der Waals surface area contributed by atoms with Crippen LogP contribution in [0.5, 0.6) is 12.0 Å². The largest absolute Gasteiger partial charge is 0.468 e. The van der Waals surface area contributed by atoms with Gasteiger partial charge in [0.2, 0.25) is 0 Å². The molecule has 0 aromatic carbocycles. The molecule has 0 spiro atoms. The molecule has 0 saturated carbocycles. The highest BCUT2D eigenvalue weighted by molar-refractivity contribution is 5.83. The van der Waals surface area contributed by atoms with E-state index in [0.717, 1.165) is 51.7 Å². The first-order chi connectivity index (χ1) is 15.8. The molecule has 0 radical (unpaired) electrons. The Balaban J connectivity index is 1.51. The van der Waals surface area contributed by atoms with E-state index in [2.05, 4.69) is 15.0 Å². The van der Waals surface area contributed by atoms with Crippen LogP contribution in [-0.2, 0) is 11.3 Å². The molecule has 184 valence electrons. The van der Waals surface area contributed by atoms with E-state index in [1.54, 1.807) is 7.11 Å². The third-order valence-corrected chi connectivity index (χ3v) is 5.75. The predicted molar refractivity (Wildman–Crippen MR) is 126 cm³/mol. The van der Waals surface area contributed by atoms with E-state index in [-0.39, 0.29) is 24.0 Å². The average molecular weight is 463 g/mol. The number of amides is 1. The molecule has 3 heterocycles. The molecule has 2 N–H and O–H groups in total. The Kier molecular flexibility index (Phi) is 8.57. The Hall–Kier alpha value is -2.78. The van der Waals surface area contributed by atoms with Gasteiger partial charge in [-0.15, -0.1) is 0 Å². The van der Waals surface area contributed by atoms with E-state index in [1.807, 2.05) is 37.2 Å². The Labute approximate surface area is 195 Å². The zero-order valence-electron chi connectivity index (χ0n) is 20.5. The van der Waals surface area contributed by atoms with E-state index >= 15 is 0 Å². The zero-order chi connectivity index (χ0) is 24.0. The SMILES string of the molecule is COc1nc2c(N)nc(OC(C)C)nc2n1CCCCC1CCN(C(=O)OCC(C)C)CC1. The maximum atomic E-state index is 12.1. The van der Waals surface area contributed by atoms with E-state index in [0.29, 0.717) is 35.6 Å². The van der Waals surface area contributed by atoms with E-state index in [4.69, 9.17) is 19.9 Å². The number of nitrogen functional groups attached to an aromatic ring is 1. The Bertz CT molecular complexity index is 921. The number of anilines is 1. The molecule has 0 bridgehead atoms. The number of nitrogens with two attached hydrogens (primary N) is 1. The number of aromatic nitrogens is 4. The van der Waals surface area contributed by atoms with Crippen molar-refractivity contribution in [1.82, 2.24) is 24.4 Å². The predicted octanol–water partition coefficient (Wildman–Crippen LogP) is 3.88. The van der Waals surface area contributed by atoms with Crippen LogP contribution in [0.3, 0.4) is 0 Å². The lowest BCUT2D eigenvalue weighted by Gasteiger charge is -2.31. The lowest BCUT2D eigenvalue weighted by molar-refractivity contribution is 0.0780. The van der Waals surface area contributed by atoms with Crippen LogP contribution in [0.1, 0.15) is 59.8 Å². The monoisotopic (exact) mass is 462 g/mol. The fourth-order valence-corrected chi connectivity index (χ4v) is 4.04. The first-order valence-electron chi connectivity index (χ1n) is 11.9. The summed E-state index contributed by atoms with van der Waals surface area (Å²) >= 11 is 0. The molecule has 0 aliphatic carbocycles. The van der Waals surface area contributed by atoms with Crippen LogP contribution in [0.25, 0.3) is 11.2 Å². The molecule has 1 amide bonds. The van der Waals surface area contributed by atoms with Crippen LogP contribution in [0, 0.1) is 11.8 Å². The fraction of sp³-hybridized carbons (Fsp3) is 0.739. The number of methoxy groups -OCH3 is 1. The van der Waals surface area contributed by atoms with Crippen molar-refractivity contribution in [2.24, 2.45) is 11.8 Å². The summed E-state index contributed by atoms with van der Waals surface area (Å²) in [6.07, 6.45) is 4.97. The topological polar surface area (TPSA) is 118 Å². The van der Waals surface area contributed by atoms with Crippen molar-refractivity contribution in [3.05, 3.63) is 0 Å². The van der Waals surface area contributed by atoms with Crippen molar-refractivity contribution in [3.63, 3.8) is 0 Å². The molecule has 10 heteroatoms. The average Bonchev–Trinajstić information content (AvgIpc) is 3.13. The number of imidazole rings is 1. The summed E-state index contributed by atoms with van der Waals surface area (Å²) in [6, 6.07) is 0.721. The van der Waals surface area contributed by atoms with Gasteiger partial charge in [-0.2, -0.15) is 15.0 Å². The minimum atomic E-state index is -0.177. The van der Waals surface area contributed by atoms with Gasteiger partial charge in [0.1, 0.15) is 0 Å². The maximum Gasteiger partial charge on any atom is 0.409 e. The molecule has 1 saturated heterocycles. The van der Waals surface area contributed by atoms with Crippen LogP contribution in [0.15, 0.2) is 0 Å². The van der Waals surface area contributed by atoms with Gasteiger partial charge in [0.15, 0.2) is 17.0 Å². The number of piperidine rings is 1. The van der Waals surface area contributed by atoms with Crippen LogP contribution < -0.4 is 15.2 Å². The summed E-state index contributed by atoms with van der Waals surface area (Å²) in [5, 5.41) is 0. The van der Waals surface area contributed by atoms with Gasteiger partial charge in [0.05, 0.1) is 19.8 Å². The lowest BCUT2D eigenvalue weighted by atomic mass is 9.92. The number of carbonyl (C=O) groups excluding carboxylic acids is 1. The van der Waals surface area contributed by atoms with Gasteiger partial charge in [-0.25, -0.2) is 4.79 Å². The molecule has 1 aliphatic heterocycles. The molecule has 0 atom stereocenters. The van der Waals surface area contributed by atoms with Crippen molar-refractivity contribution < 1.29 is 19.0 Å². The lowest BCUT2D eigenvalue weighted by Crippen LogP contribution is -2.39. The smallest absolute Gasteiger partial charge is 0.409 e. The number of unbranched alkanes of at least 4 members (excludes halogenated alkanes) is 1. The number of hydrogen-bond donors (Lipinski definition) is 1. The molecule has 33 heavy (non-hydrogen) atoms. The highest BCUT2D eigenvalue weighted by Gasteiger charge is 2.24. The Morgan fingerprint density at radius 3 is 2.48 bits per heavy atom. The molecular weight excluding hydrogens is 424 g/mol. The van der Waals surface area contributed by atoms with Gasteiger partial charge in [-0.3, -0.25) is 4.57 Å². The minimum absolute atomic E-state index is 0.0522. The first kappa shape index (κ1) is 24.9. The van der Waals surface area contributed by atoms with Gasteiger partial charge < -0.3 is 24.8 Å². The van der Waals surface area contributed by atoms with Gasteiger partial charge >= 0.3 is 12.1 Å². The number of likely N-dealkylation sites (tertiary alicyclic amines) is 1. The standard InChI is InChI=1S/C23H38N6O4/c1-15(2)14-32-23(30)28-12-9-17(10-13-28)8-6-7-11-29-20-18(25-22(29)31-5)19(24)26-21(27-20)33-16(3)4/h15-17H,6-14H2,1-5H3,(H2,24,26,27). The second kappa shape index (κ2) is 11.4. The number of carbonyl (C=O) groups is 1. The highest BCUT2D eigenvalue weighted by Crippen LogP contribution is 2.27. The second-order valence-electron chi connectivity index (χ2n) is 9.38. The number of aryl methyl sites for hydroxylation is 1. The van der Waals surface area contributed by atoms with Crippen LogP contribution in [0.2, 0.25) is 0 Å².